The number of Topliss-reactive ketones (excluding diaryl/α,β-unsaturated/α-hetero) is 1. The van der Waals surface area contributed by atoms with Crippen LogP contribution in [0.15, 0.2) is 53.1 Å². The number of carbonyl (C=O) groups is 1. The van der Waals surface area contributed by atoms with Gasteiger partial charge >= 0.3 is 0 Å². The lowest BCUT2D eigenvalue weighted by Gasteiger charge is -2.30. The summed E-state index contributed by atoms with van der Waals surface area (Å²) in [5, 5.41) is 10.7. The van der Waals surface area contributed by atoms with Gasteiger partial charge in [-0.2, -0.15) is 5.26 Å². The summed E-state index contributed by atoms with van der Waals surface area (Å²) in [5.41, 5.74) is 7.67. The van der Waals surface area contributed by atoms with Gasteiger partial charge < -0.3 is 10.5 Å². The molecule has 27 heavy (non-hydrogen) atoms. The minimum Gasteiger partial charge on any atom is -0.444 e. The van der Waals surface area contributed by atoms with Crippen LogP contribution in [0.2, 0.25) is 10.0 Å². The van der Waals surface area contributed by atoms with Crippen LogP contribution in [0.3, 0.4) is 0 Å². The topological polar surface area (TPSA) is 76.1 Å². The van der Waals surface area contributed by atoms with E-state index in [0.29, 0.717) is 34.2 Å². The molecule has 0 saturated carbocycles. The average Bonchev–Trinajstić information content (AvgIpc) is 3.10. The first kappa shape index (κ1) is 18.1. The van der Waals surface area contributed by atoms with Crippen molar-refractivity contribution < 1.29 is 9.53 Å². The fourth-order valence-corrected chi connectivity index (χ4v) is 5.22. The van der Waals surface area contributed by atoms with Crippen LogP contribution in [0.5, 0.6) is 0 Å². The van der Waals surface area contributed by atoms with Gasteiger partial charge in [0, 0.05) is 38.8 Å². The molecule has 2 aromatic rings. The van der Waals surface area contributed by atoms with Crippen molar-refractivity contribution in [1.82, 2.24) is 0 Å². The van der Waals surface area contributed by atoms with Crippen molar-refractivity contribution in [2.24, 2.45) is 5.73 Å². The van der Waals surface area contributed by atoms with Gasteiger partial charge in [0.05, 0.1) is 10.9 Å². The first-order valence-electron chi connectivity index (χ1n) is 8.38. The molecule has 2 N–H and O–H groups in total. The lowest BCUT2D eigenvalue weighted by atomic mass is 9.80. The molecule has 136 valence electrons. The first-order valence-corrected chi connectivity index (χ1v) is 9.96. The number of rotatable bonds is 2. The normalized spacial score (nSPS) is 19.6. The number of thiophene rings is 1. The van der Waals surface area contributed by atoms with Gasteiger partial charge in [0.15, 0.2) is 5.78 Å². The van der Waals surface area contributed by atoms with Crippen LogP contribution in [0, 0.1) is 11.3 Å². The second-order valence-electron chi connectivity index (χ2n) is 6.36. The summed E-state index contributed by atoms with van der Waals surface area (Å²) < 4.78 is 5.60. The van der Waals surface area contributed by atoms with Crippen molar-refractivity contribution in [3.8, 4) is 16.5 Å². The monoisotopic (exact) mass is 416 g/mol. The number of ether oxygens (including phenoxy) is 1. The standard InChI is InChI=1S/C20H14Cl2N2O2S/c21-10-4-5-11(13(22)8-10)16-6-7-17(27-16)18-12(9-23)20(24)26-15-3-1-2-14(25)19(15)18/h4-8,18H,1-3,24H2. The molecule has 0 saturated heterocycles. The molecular weight excluding hydrogens is 403 g/mol. The van der Waals surface area contributed by atoms with E-state index in [2.05, 4.69) is 6.07 Å². The Morgan fingerprint density at radius 2 is 2.04 bits per heavy atom. The Morgan fingerprint density at radius 1 is 1.22 bits per heavy atom. The minimum absolute atomic E-state index is 0.0148. The zero-order valence-electron chi connectivity index (χ0n) is 14.1. The maximum atomic E-state index is 12.6. The molecule has 1 unspecified atom stereocenters. The van der Waals surface area contributed by atoms with Crippen LogP contribution in [0.25, 0.3) is 10.4 Å². The summed E-state index contributed by atoms with van der Waals surface area (Å²) in [6, 6.07) is 11.3. The third-order valence-corrected chi connectivity index (χ3v) is 6.44. The summed E-state index contributed by atoms with van der Waals surface area (Å²) in [7, 11) is 0. The van der Waals surface area contributed by atoms with Gasteiger partial charge in [-0.15, -0.1) is 11.3 Å². The van der Waals surface area contributed by atoms with Gasteiger partial charge in [-0.3, -0.25) is 4.79 Å². The van der Waals surface area contributed by atoms with E-state index in [0.717, 1.165) is 21.7 Å². The van der Waals surface area contributed by atoms with Crippen LogP contribution >= 0.6 is 34.5 Å². The number of ketones is 1. The summed E-state index contributed by atoms with van der Waals surface area (Å²) in [5.74, 6) is 0.194. The molecule has 1 aliphatic heterocycles. The minimum atomic E-state index is -0.489. The highest BCUT2D eigenvalue weighted by atomic mass is 35.5. The van der Waals surface area contributed by atoms with Crippen molar-refractivity contribution in [2.75, 3.05) is 0 Å². The molecule has 0 fully saturated rings. The Balaban J connectivity index is 1.82. The highest BCUT2D eigenvalue weighted by molar-refractivity contribution is 7.15. The number of hydrogen-bond donors (Lipinski definition) is 1. The van der Waals surface area contributed by atoms with Crippen LogP contribution in [0.4, 0.5) is 0 Å². The quantitative estimate of drug-likeness (QED) is 0.697. The van der Waals surface area contributed by atoms with Crippen LogP contribution in [-0.4, -0.2) is 5.78 Å². The molecule has 1 aromatic carbocycles. The third-order valence-electron chi connectivity index (χ3n) is 4.71. The van der Waals surface area contributed by atoms with Crippen molar-refractivity contribution >= 4 is 40.3 Å². The Morgan fingerprint density at radius 3 is 2.78 bits per heavy atom. The number of nitrogens with zero attached hydrogens (tertiary/aromatic N) is 1. The van der Waals surface area contributed by atoms with E-state index in [1.165, 1.54) is 11.3 Å². The van der Waals surface area contributed by atoms with Crippen molar-refractivity contribution in [2.45, 2.75) is 25.2 Å². The molecule has 0 amide bonds. The summed E-state index contributed by atoms with van der Waals surface area (Å²) >= 11 is 13.8. The molecule has 0 radical (unpaired) electrons. The molecule has 0 spiro atoms. The van der Waals surface area contributed by atoms with Gasteiger partial charge in [0.25, 0.3) is 0 Å². The number of halogens is 2. The van der Waals surface area contributed by atoms with Gasteiger partial charge in [0.2, 0.25) is 5.88 Å². The molecule has 4 rings (SSSR count). The van der Waals surface area contributed by atoms with E-state index < -0.39 is 5.92 Å². The number of benzene rings is 1. The van der Waals surface area contributed by atoms with Crippen LogP contribution < -0.4 is 5.73 Å². The Bertz CT molecular complexity index is 1060. The zero-order valence-corrected chi connectivity index (χ0v) is 16.4. The number of allylic oxidation sites excluding steroid dienone is 3. The fourth-order valence-electron chi connectivity index (χ4n) is 3.48. The smallest absolute Gasteiger partial charge is 0.205 e. The van der Waals surface area contributed by atoms with Gasteiger partial charge in [-0.05, 0) is 30.7 Å². The Hall–Kier alpha value is -2.26. The van der Waals surface area contributed by atoms with Crippen LogP contribution in [0.1, 0.15) is 30.1 Å². The average molecular weight is 417 g/mol. The summed E-state index contributed by atoms with van der Waals surface area (Å²) in [6.45, 7) is 0. The molecule has 0 bridgehead atoms. The maximum absolute atomic E-state index is 12.6. The summed E-state index contributed by atoms with van der Waals surface area (Å²) in [6.07, 6.45) is 1.84. The molecular formula is C20H14Cl2N2O2S. The predicted molar refractivity (Wildman–Crippen MR) is 106 cm³/mol. The zero-order chi connectivity index (χ0) is 19.1. The summed E-state index contributed by atoms with van der Waals surface area (Å²) in [4.78, 5) is 14.4. The Labute approximate surface area is 170 Å². The fraction of sp³-hybridized carbons (Fsp3) is 0.200. The molecule has 7 heteroatoms. The molecule has 4 nitrogen and oxygen atoms in total. The maximum Gasteiger partial charge on any atom is 0.205 e. The van der Waals surface area contributed by atoms with Crippen molar-refractivity contribution in [3.63, 3.8) is 0 Å². The SMILES string of the molecule is N#CC1=C(N)OC2=C(C(=O)CCC2)C1c1ccc(-c2ccc(Cl)cc2Cl)s1. The van der Waals surface area contributed by atoms with E-state index in [-0.39, 0.29) is 17.2 Å². The molecule has 1 aromatic heterocycles. The number of carbonyl (C=O) groups excluding carboxylic acids is 1. The first-order chi connectivity index (χ1) is 13.0. The number of hydrogen-bond acceptors (Lipinski definition) is 5. The lowest BCUT2D eigenvalue weighted by Crippen LogP contribution is -2.26. The second kappa shape index (κ2) is 7.05. The van der Waals surface area contributed by atoms with Crippen molar-refractivity contribution in [3.05, 3.63) is 68.0 Å². The van der Waals surface area contributed by atoms with Crippen molar-refractivity contribution in [1.29, 1.82) is 5.26 Å². The molecule has 1 aliphatic carbocycles. The van der Waals surface area contributed by atoms with E-state index in [4.69, 9.17) is 33.7 Å². The van der Waals surface area contributed by atoms with E-state index in [1.807, 2.05) is 18.2 Å². The van der Waals surface area contributed by atoms with E-state index in [1.54, 1.807) is 12.1 Å². The third kappa shape index (κ3) is 3.14. The van der Waals surface area contributed by atoms with Gasteiger partial charge in [-0.1, -0.05) is 29.3 Å². The predicted octanol–water partition coefficient (Wildman–Crippen LogP) is 5.54. The molecule has 2 aliphatic rings. The molecule has 1 atom stereocenters. The number of nitrogens with two attached hydrogens (primary N) is 1. The Kier molecular flexibility index (Phi) is 4.73. The van der Waals surface area contributed by atoms with E-state index in [9.17, 15) is 10.1 Å². The van der Waals surface area contributed by atoms with Gasteiger partial charge in [-0.25, -0.2) is 0 Å². The highest BCUT2D eigenvalue weighted by Crippen LogP contribution is 2.47. The highest BCUT2D eigenvalue weighted by Gasteiger charge is 2.38. The molecule has 2 heterocycles. The second-order valence-corrected chi connectivity index (χ2v) is 8.32. The number of nitriles is 1. The van der Waals surface area contributed by atoms with Crippen LogP contribution in [-0.2, 0) is 9.53 Å². The van der Waals surface area contributed by atoms with Gasteiger partial charge in [0.1, 0.15) is 17.4 Å². The lowest BCUT2D eigenvalue weighted by molar-refractivity contribution is -0.116. The largest absolute Gasteiger partial charge is 0.444 e. The van der Waals surface area contributed by atoms with E-state index >= 15 is 0 Å².